The van der Waals surface area contributed by atoms with Gasteiger partial charge in [0.25, 0.3) is 0 Å². The SMILES string of the molecule is CCOP(=O)(COc1ccc(CN2CCCCC2)c2c1-c1ncsc1C2)OCC. The van der Waals surface area contributed by atoms with Crippen LogP contribution < -0.4 is 4.74 Å². The fourth-order valence-electron chi connectivity index (χ4n) is 4.17. The number of hydrogen-bond acceptors (Lipinski definition) is 7. The van der Waals surface area contributed by atoms with Crippen LogP contribution in [-0.2, 0) is 26.6 Å². The minimum atomic E-state index is -3.27. The first-order valence-electron chi connectivity index (χ1n) is 10.4. The highest BCUT2D eigenvalue weighted by atomic mass is 32.1. The van der Waals surface area contributed by atoms with E-state index in [0.717, 1.165) is 24.2 Å². The van der Waals surface area contributed by atoms with Crippen molar-refractivity contribution < 1.29 is 18.3 Å². The molecule has 1 aromatic heterocycles. The maximum atomic E-state index is 12.8. The quantitative estimate of drug-likeness (QED) is 0.424. The molecule has 29 heavy (non-hydrogen) atoms. The lowest BCUT2D eigenvalue weighted by Gasteiger charge is -2.27. The molecule has 0 radical (unpaired) electrons. The van der Waals surface area contributed by atoms with E-state index in [2.05, 4.69) is 16.0 Å². The lowest BCUT2D eigenvalue weighted by molar-refractivity contribution is 0.197. The van der Waals surface area contributed by atoms with Crippen molar-refractivity contribution in [3.63, 3.8) is 0 Å². The van der Waals surface area contributed by atoms with Crippen molar-refractivity contribution in [3.05, 3.63) is 33.6 Å². The maximum absolute atomic E-state index is 12.8. The molecule has 0 N–H and O–H groups in total. The molecule has 158 valence electrons. The zero-order valence-corrected chi connectivity index (χ0v) is 18.9. The summed E-state index contributed by atoms with van der Waals surface area (Å²) in [7, 11) is -3.27. The average Bonchev–Trinajstić information content (AvgIpc) is 3.30. The fourth-order valence-corrected chi connectivity index (χ4v) is 6.26. The molecule has 1 aromatic carbocycles. The van der Waals surface area contributed by atoms with Crippen LogP contribution in [0.1, 0.15) is 49.1 Å². The molecule has 0 saturated carbocycles. The number of benzene rings is 1. The van der Waals surface area contributed by atoms with Gasteiger partial charge >= 0.3 is 7.60 Å². The summed E-state index contributed by atoms with van der Waals surface area (Å²) in [6.45, 7) is 7.56. The first kappa shape index (κ1) is 21.0. The molecule has 2 aliphatic rings. The molecule has 0 bridgehead atoms. The lowest BCUT2D eigenvalue weighted by atomic mass is 10.00. The third-order valence-electron chi connectivity index (χ3n) is 5.46. The Morgan fingerprint density at radius 3 is 2.62 bits per heavy atom. The Kier molecular flexibility index (Phi) is 6.72. The Morgan fingerprint density at radius 1 is 1.14 bits per heavy atom. The van der Waals surface area contributed by atoms with E-state index in [1.165, 1.54) is 48.4 Å². The van der Waals surface area contributed by atoms with Gasteiger partial charge < -0.3 is 13.8 Å². The minimum Gasteiger partial charge on any atom is -0.480 e. The van der Waals surface area contributed by atoms with Crippen LogP contribution in [0.4, 0.5) is 0 Å². The number of thiazole rings is 1. The summed E-state index contributed by atoms with van der Waals surface area (Å²) in [4.78, 5) is 8.41. The molecule has 0 atom stereocenters. The van der Waals surface area contributed by atoms with Crippen molar-refractivity contribution >= 4 is 18.9 Å². The van der Waals surface area contributed by atoms with Gasteiger partial charge in [0.15, 0.2) is 6.35 Å². The maximum Gasteiger partial charge on any atom is 0.367 e. The fraction of sp³-hybridized carbons (Fsp3) is 0.571. The van der Waals surface area contributed by atoms with Crippen LogP contribution in [-0.4, -0.2) is 42.5 Å². The third kappa shape index (κ3) is 4.59. The highest BCUT2D eigenvalue weighted by molar-refractivity contribution is 7.53. The van der Waals surface area contributed by atoms with Gasteiger partial charge in [-0.25, -0.2) is 4.98 Å². The Labute approximate surface area is 176 Å². The van der Waals surface area contributed by atoms with Crippen molar-refractivity contribution in [2.24, 2.45) is 0 Å². The predicted molar refractivity (Wildman–Crippen MR) is 116 cm³/mol. The number of rotatable bonds is 9. The number of piperidine rings is 1. The summed E-state index contributed by atoms with van der Waals surface area (Å²) in [5, 5.41) is 0. The second kappa shape index (κ2) is 9.27. The van der Waals surface area contributed by atoms with E-state index in [1.54, 1.807) is 25.2 Å². The zero-order chi connectivity index (χ0) is 20.3. The number of likely N-dealkylation sites (tertiary alicyclic amines) is 1. The first-order valence-corrected chi connectivity index (χ1v) is 13.0. The van der Waals surface area contributed by atoms with Crippen LogP contribution in [0.25, 0.3) is 11.3 Å². The van der Waals surface area contributed by atoms with Crippen LogP contribution in [0.5, 0.6) is 5.75 Å². The average molecular weight is 437 g/mol. The van der Waals surface area contributed by atoms with E-state index >= 15 is 0 Å². The zero-order valence-electron chi connectivity index (χ0n) is 17.2. The summed E-state index contributed by atoms with van der Waals surface area (Å²) < 4.78 is 29.6. The minimum absolute atomic E-state index is 0.0912. The molecule has 6 nitrogen and oxygen atoms in total. The number of aromatic nitrogens is 1. The second-order valence-electron chi connectivity index (χ2n) is 7.43. The summed E-state index contributed by atoms with van der Waals surface area (Å²) in [6, 6.07) is 4.15. The summed E-state index contributed by atoms with van der Waals surface area (Å²) in [5.41, 5.74) is 6.58. The van der Waals surface area contributed by atoms with Gasteiger partial charge in [0.1, 0.15) is 5.75 Å². The topological polar surface area (TPSA) is 60.9 Å². The smallest absolute Gasteiger partial charge is 0.367 e. The molecule has 1 saturated heterocycles. The molecule has 2 heterocycles. The monoisotopic (exact) mass is 436 g/mol. The van der Waals surface area contributed by atoms with E-state index in [-0.39, 0.29) is 6.35 Å². The highest BCUT2D eigenvalue weighted by Gasteiger charge is 2.30. The molecular weight excluding hydrogens is 407 g/mol. The van der Waals surface area contributed by atoms with Crippen molar-refractivity contribution in [1.82, 2.24) is 9.88 Å². The van der Waals surface area contributed by atoms with Gasteiger partial charge in [-0.1, -0.05) is 12.5 Å². The van der Waals surface area contributed by atoms with Gasteiger partial charge in [0.05, 0.1) is 24.4 Å². The molecule has 4 rings (SSSR count). The molecule has 8 heteroatoms. The number of hydrogen-bond donors (Lipinski definition) is 0. The standard InChI is InChI=1S/C21H29N2O4PS/c1-3-26-28(24,27-4-2)15-25-18-9-8-16(13-23-10-6-5-7-11-23)17-12-19-21(20(17)18)22-14-29-19/h8-9,14H,3-7,10-13,15H2,1-2H3. The Balaban J connectivity index is 1.60. The van der Waals surface area contributed by atoms with E-state index in [0.29, 0.717) is 19.0 Å². The molecule has 2 aromatic rings. The van der Waals surface area contributed by atoms with Gasteiger partial charge in [0, 0.05) is 23.4 Å². The van der Waals surface area contributed by atoms with Crippen molar-refractivity contribution in [2.75, 3.05) is 32.7 Å². The number of nitrogens with zero attached hydrogens (tertiary/aromatic N) is 2. The van der Waals surface area contributed by atoms with Crippen molar-refractivity contribution in [3.8, 4) is 17.0 Å². The van der Waals surface area contributed by atoms with Crippen molar-refractivity contribution in [1.29, 1.82) is 0 Å². The number of fused-ring (bicyclic) bond motifs is 3. The molecule has 1 aliphatic carbocycles. The summed E-state index contributed by atoms with van der Waals surface area (Å²) in [5.74, 6) is 0.715. The van der Waals surface area contributed by atoms with E-state index in [9.17, 15) is 4.57 Å². The highest BCUT2D eigenvalue weighted by Crippen LogP contribution is 2.50. The molecular formula is C21H29N2O4PS. The molecule has 1 fully saturated rings. The molecule has 0 amide bonds. The second-order valence-corrected chi connectivity index (χ2v) is 10.4. The Hall–Kier alpha value is -1.24. The summed E-state index contributed by atoms with van der Waals surface area (Å²) >= 11 is 1.69. The van der Waals surface area contributed by atoms with E-state index in [1.807, 2.05) is 11.6 Å². The van der Waals surface area contributed by atoms with Gasteiger partial charge in [-0.2, -0.15) is 0 Å². The van der Waals surface area contributed by atoms with Crippen LogP contribution in [0, 0.1) is 0 Å². The van der Waals surface area contributed by atoms with Crippen molar-refractivity contribution in [2.45, 2.75) is 46.1 Å². The normalized spacial score (nSPS) is 16.6. The predicted octanol–water partition coefficient (Wildman–Crippen LogP) is 5.30. The van der Waals surface area contributed by atoms with E-state index < -0.39 is 7.60 Å². The van der Waals surface area contributed by atoms with Crippen LogP contribution >= 0.6 is 18.9 Å². The Morgan fingerprint density at radius 2 is 1.90 bits per heavy atom. The van der Waals surface area contributed by atoms with Gasteiger partial charge in [-0.3, -0.25) is 9.46 Å². The van der Waals surface area contributed by atoms with Crippen LogP contribution in [0.3, 0.4) is 0 Å². The molecule has 0 spiro atoms. The lowest BCUT2D eigenvalue weighted by Crippen LogP contribution is -2.29. The Bertz CT molecular complexity index is 885. The van der Waals surface area contributed by atoms with E-state index in [4.69, 9.17) is 13.8 Å². The van der Waals surface area contributed by atoms with Gasteiger partial charge in [0.2, 0.25) is 0 Å². The third-order valence-corrected chi connectivity index (χ3v) is 8.04. The number of ether oxygens (including phenoxy) is 1. The van der Waals surface area contributed by atoms with Crippen LogP contribution in [0.2, 0.25) is 0 Å². The largest absolute Gasteiger partial charge is 0.480 e. The molecule has 0 unspecified atom stereocenters. The van der Waals surface area contributed by atoms with Gasteiger partial charge in [-0.15, -0.1) is 11.3 Å². The first-order chi connectivity index (χ1) is 14.1. The van der Waals surface area contributed by atoms with Gasteiger partial charge in [-0.05, 0) is 57.0 Å². The van der Waals surface area contributed by atoms with Crippen LogP contribution in [0.15, 0.2) is 17.6 Å². The molecule has 1 aliphatic heterocycles. The summed E-state index contributed by atoms with van der Waals surface area (Å²) in [6.07, 6.45) is 4.70.